The number of rotatable bonds is 7. The first kappa shape index (κ1) is 19.2. The van der Waals surface area contributed by atoms with Crippen LogP contribution in [-0.4, -0.2) is 42.7 Å². The van der Waals surface area contributed by atoms with Gasteiger partial charge in [-0.2, -0.15) is 0 Å². The molecule has 0 radical (unpaired) electrons. The second kappa shape index (κ2) is 8.43. The van der Waals surface area contributed by atoms with E-state index >= 15 is 0 Å². The molecule has 27 heavy (non-hydrogen) atoms. The van der Waals surface area contributed by atoms with Crippen molar-refractivity contribution in [1.29, 1.82) is 0 Å². The number of H-pyrrole nitrogens is 1. The van der Waals surface area contributed by atoms with E-state index in [0.717, 1.165) is 42.0 Å². The fourth-order valence-corrected chi connectivity index (χ4v) is 3.56. The van der Waals surface area contributed by atoms with Crippen LogP contribution >= 0.6 is 0 Å². The second-order valence-electron chi connectivity index (χ2n) is 6.64. The highest BCUT2D eigenvalue weighted by Crippen LogP contribution is 2.40. The third kappa shape index (κ3) is 3.93. The van der Waals surface area contributed by atoms with E-state index in [2.05, 4.69) is 21.8 Å². The Bertz CT molecular complexity index is 863. The number of nitrogens with zero attached hydrogens (tertiary/aromatic N) is 2. The summed E-state index contributed by atoms with van der Waals surface area (Å²) in [5, 5.41) is 0. The van der Waals surface area contributed by atoms with Crippen LogP contribution in [0.5, 0.6) is 17.2 Å². The first-order valence-electron chi connectivity index (χ1n) is 9.22. The molecule has 3 rings (SSSR count). The predicted molar refractivity (Wildman–Crippen MR) is 103 cm³/mol. The van der Waals surface area contributed by atoms with Crippen molar-refractivity contribution in [2.24, 2.45) is 0 Å². The molecule has 0 bridgehead atoms. The Hall–Kier alpha value is -2.54. The van der Waals surface area contributed by atoms with Crippen LogP contribution in [0.2, 0.25) is 0 Å². The van der Waals surface area contributed by atoms with Crippen molar-refractivity contribution >= 4 is 0 Å². The number of methoxy groups -OCH3 is 3. The molecular formula is C20H27N3O4. The van der Waals surface area contributed by atoms with Crippen LogP contribution in [0.15, 0.2) is 16.9 Å². The second-order valence-corrected chi connectivity index (χ2v) is 6.64. The molecule has 0 unspecified atom stereocenters. The summed E-state index contributed by atoms with van der Waals surface area (Å²) in [7, 11) is 4.84. The molecule has 7 heteroatoms. The molecule has 0 saturated heterocycles. The van der Waals surface area contributed by atoms with Crippen LogP contribution in [0.3, 0.4) is 0 Å². The predicted octanol–water partition coefficient (Wildman–Crippen LogP) is 2.31. The van der Waals surface area contributed by atoms with Crippen molar-refractivity contribution in [1.82, 2.24) is 14.9 Å². The van der Waals surface area contributed by atoms with Gasteiger partial charge in [0.25, 0.3) is 5.56 Å². The SMILES string of the molecule is CCCc1nc2c(c(=O)[nH]1)CCN(Cc1ccc(OC)c(OC)c1OC)C2. The summed E-state index contributed by atoms with van der Waals surface area (Å²) >= 11 is 0. The van der Waals surface area contributed by atoms with Crippen LogP contribution in [-0.2, 0) is 25.9 Å². The lowest BCUT2D eigenvalue weighted by Gasteiger charge is -2.28. The third-order valence-electron chi connectivity index (χ3n) is 4.87. The molecule has 0 spiro atoms. The van der Waals surface area contributed by atoms with Crippen LogP contribution in [0.1, 0.15) is 36.0 Å². The summed E-state index contributed by atoms with van der Waals surface area (Å²) in [5.41, 5.74) is 2.71. The Morgan fingerprint density at radius 1 is 1.15 bits per heavy atom. The highest BCUT2D eigenvalue weighted by Gasteiger charge is 2.23. The molecule has 7 nitrogen and oxygen atoms in total. The zero-order valence-corrected chi connectivity index (χ0v) is 16.4. The summed E-state index contributed by atoms with van der Waals surface area (Å²) in [5.74, 6) is 2.68. The number of aryl methyl sites for hydroxylation is 1. The van der Waals surface area contributed by atoms with Gasteiger partial charge in [0.1, 0.15) is 5.82 Å². The van der Waals surface area contributed by atoms with Gasteiger partial charge in [-0.3, -0.25) is 9.69 Å². The fourth-order valence-electron chi connectivity index (χ4n) is 3.56. The van der Waals surface area contributed by atoms with E-state index in [1.165, 1.54) is 0 Å². The normalized spacial score (nSPS) is 13.9. The molecule has 1 aliphatic heterocycles. The lowest BCUT2D eigenvalue weighted by molar-refractivity contribution is 0.234. The number of hydrogen-bond donors (Lipinski definition) is 1. The molecule has 0 amide bonds. The van der Waals surface area contributed by atoms with Crippen molar-refractivity contribution in [3.05, 3.63) is 45.1 Å². The summed E-state index contributed by atoms with van der Waals surface area (Å²) < 4.78 is 16.4. The van der Waals surface area contributed by atoms with Gasteiger partial charge in [-0.05, 0) is 18.9 Å². The highest BCUT2D eigenvalue weighted by atomic mass is 16.5. The maximum absolute atomic E-state index is 12.3. The fraction of sp³-hybridized carbons (Fsp3) is 0.500. The minimum absolute atomic E-state index is 0.00629. The number of fused-ring (bicyclic) bond motifs is 1. The van der Waals surface area contributed by atoms with E-state index in [9.17, 15) is 4.79 Å². The van der Waals surface area contributed by atoms with Gasteiger partial charge < -0.3 is 19.2 Å². The zero-order valence-electron chi connectivity index (χ0n) is 16.4. The first-order chi connectivity index (χ1) is 13.1. The van der Waals surface area contributed by atoms with E-state index in [0.29, 0.717) is 36.8 Å². The standard InChI is InChI=1S/C20H27N3O4/c1-5-6-17-21-15-12-23(10-9-14(15)20(24)22-17)11-13-7-8-16(25-2)19(27-4)18(13)26-3/h7-8H,5-6,9-12H2,1-4H3,(H,21,22,24). The molecule has 0 aliphatic carbocycles. The molecule has 0 atom stereocenters. The Morgan fingerprint density at radius 2 is 1.93 bits per heavy atom. The zero-order chi connectivity index (χ0) is 19.4. The van der Waals surface area contributed by atoms with Crippen molar-refractivity contribution in [2.75, 3.05) is 27.9 Å². The number of aromatic nitrogens is 2. The van der Waals surface area contributed by atoms with Crippen molar-refractivity contribution in [3.8, 4) is 17.2 Å². The number of ether oxygens (including phenoxy) is 3. The van der Waals surface area contributed by atoms with E-state index < -0.39 is 0 Å². The first-order valence-corrected chi connectivity index (χ1v) is 9.22. The Balaban J connectivity index is 1.85. The van der Waals surface area contributed by atoms with Gasteiger partial charge in [0.05, 0.1) is 27.0 Å². The van der Waals surface area contributed by atoms with E-state index in [4.69, 9.17) is 14.2 Å². The molecule has 2 heterocycles. The van der Waals surface area contributed by atoms with Gasteiger partial charge >= 0.3 is 0 Å². The maximum atomic E-state index is 12.3. The molecule has 1 aromatic heterocycles. The molecule has 146 valence electrons. The van der Waals surface area contributed by atoms with E-state index in [1.54, 1.807) is 21.3 Å². The van der Waals surface area contributed by atoms with Crippen LogP contribution in [0, 0.1) is 0 Å². The van der Waals surface area contributed by atoms with Gasteiger partial charge in [0.15, 0.2) is 11.5 Å². The van der Waals surface area contributed by atoms with E-state index in [-0.39, 0.29) is 5.56 Å². The molecule has 0 saturated carbocycles. The summed E-state index contributed by atoms with van der Waals surface area (Å²) in [6, 6.07) is 3.88. The maximum Gasteiger partial charge on any atom is 0.254 e. The lowest BCUT2D eigenvalue weighted by atomic mass is 10.0. The lowest BCUT2D eigenvalue weighted by Crippen LogP contribution is -2.35. The van der Waals surface area contributed by atoms with Gasteiger partial charge in [-0.1, -0.05) is 13.0 Å². The largest absolute Gasteiger partial charge is 0.493 e. The molecule has 1 aliphatic rings. The Labute approximate surface area is 159 Å². The van der Waals surface area contributed by atoms with Crippen LogP contribution in [0.25, 0.3) is 0 Å². The number of aromatic amines is 1. The van der Waals surface area contributed by atoms with Gasteiger partial charge in [-0.25, -0.2) is 4.98 Å². The minimum atomic E-state index is 0.00629. The smallest absolute Gasteiger partial charge is 0.254 e. The van der Waals surface area contributed by atoms with Crippen molar-refractivity contribution < 1.29 is 14.2 Å². The van der Waals surface area contributed by atoms with Gasteiger partial charge in [-0.15, -0.1) is 0 Å². The summed E-state index contributed by atoms with van der Waals surface area (Å²) in [6.07, 6.45) is 2.43. The quantitative estimate of drug-likeness (QED) is 0.803. The third-order valence-corrected chi connectivity index (χ3v) is 4.87. The van der Waals surface area contributed by atoms with Crippen molar-refractivity contribution in [2.45, 2.75) is 39.3 Å². The molecule has 1 aromatic carbocycles. The Morgan fingerprint density at radius 3 is 2.59 bits per heavy atom. The molecule has 0 fully saturated rings. The average Bonchev–Trinajstić information content (AvgIpc) is 2.67. The van der Waals surface area contributed by atoms with Crippen LogP contribution in [0.4, 0.5) is 0 Å². The summed E-state index contributed by atoms with van der Waals surface area (Å²) in [6.45, 7) is 4.20. The highest BCUT2D eigenvalue weighted by molar-refractivity contribution is 5.55. The average molecular weight is 373 g/mol. The number of hydrogen-bond acceptors (Lipinski definition) is 6. The topological polar surface area (TPSA) is 76.7 Å². The van der Waals surface area contributed by atoms with Crippen LogP contribution < -0.4 is 19.8 Å². The molecular weight excluding hydrogens is 346 g/mol. The molecule has 2 aromatic rings. The monoisotopic (exact) mass is 373 g/mol. The van der Waals surface area contributed by atoms with Crippen molar-refractivity contribution in [3.63, 3.8) is 0 Å². The van der Waals surface area contributed by atoms with Gasteiger partial charge in [0.2, 0.25) is 5.75 Å². The summed E-state index contributed by atoms with van der Waals surface area (Å²) in [4.78, 5) is 22.2. The Kier molecular flexibility index (Phi) is 6.01. The van der Waals surface area contributed by atoms with E-state index in [1.807, 2.05) is 12.1 Å². The molecule has 1 N–H and O–H groups in total. The number of benzene rings is 1. The number of nitrogens with one attached hydrogen (secondary N) is 1. The minimum Gasteiger partial charge on any atom is -0.493 e. The van der Waals surface area contributed by atoms with Gasteiger partial charge in [0, 0.05) is 37.2 Å².